The average Bonchev–Trinajstić information content (AvgIpc) is 3.17. The van der Waals surface area contributed by atoms with E-state index in [-0.39, 0.29) is 5.91 Å². The first-order chi connectivity index (χ1) is 14.5. The number of amides is 1. The summed E-state index contributed by atoms with van der Waals surface area (Å²) in [6.07, 6.45) is 0.869. The number of thiazole rings is 1. The number of hydrogen-bond acceptors (Lipinski definition) is 6. The molecule has 0 saturated heterocycles. The fourth-order valence-corrected chi connectivity index (χ4v) is 5.15. The summed E-state index contributed by atoms with van der Waals surface area (Å²) >= 11 is 3.25. The van der Waals surface area contributed by atoms with E-state index in [1.165, 1.54) is 0 Å². The molecule has 0 bridgehead atoms. The van der Waals surface area contributed by atoms with Crippen LogP contribution in [0.4, 0.5) is 5.13 Å². The Morgan fingerprint density at radius 1 is 1.17 bits per heavy atom. The summed E-state index contributed by atoms with van der Waals surface area (Å²) in [6.45, 7) is 5.68. The van der Waals surface area contributed by atoms with Gasteiger partial charge in [0.25, 0.3) is 5.91 Å². The van der Waals surface area contributed by atoms with Crippen molar-refractivity contribution in [1.82, 2.24) is 9.88 Å². The fraction of sp³-hybridized carbons (Fsp3) is 0.391. The molecule has 1 heterocycles. The Bertz CT molecular complexity index is 1020. The summed E-state index contributed by atoms with van der Waals surface area (Å²) in [7, 11) is 5.75. The lowest BCUT2D eigenvalue weighted by atomic mass is 10.2. The standard InChI is InChI=1S/C23H29N3O2S2/c1-6-29-19-11-8-7-10-17(19)22(27)26(15-9-14-25(3)4)23-24-20-18(28-5)13-12-16(2)21(20)30-23/h7-8,10-13H,6,9,14-15H2,1-5H3. The first-order valence-corrected chi connectivity index (χ1v) is 11.9. The molecule has 0 saturated carbocycles. The highest BCUT2D eigenvalue weighted by Gasteiger charge is 2.24. The molecule has 0 atom stereocenters. The number of aromatic nitrogens is 1. The van der Waals surface area contributed by atoms with Crippen molar-refractivity contribution < 1.29 is 9.53 Å². The van der Waals surface area contributed by atoms with Gasteiger partial charge in [0.05, 0.1) is 17.4 Å². The molecule has 3 rings (SSSR count). The molecule has 0 aliphatic heterocycles. The average molecular weight is 444 g/mol. The van der Waals surface area contributed by atoms with Gasteiger partial charge in [-0.15, -0.1) is 11.8 Å². The number of nitrogens with zero attached hydrogens (tertiary/aromatic N) is 3. The first kappa shape index (κ1) is 22.6. The lowest BCUT2D eigenvalue weighted by Gasteiger charge is -2.22. The van der Waals surface area contributed by atoms with Gasteiger partial charge in [0.1, 0.15) is 11.3 Å². The third-order valence-corrected chi connectivity index (χ3v) is 6.96. The molecule has 0 aliphatic rings. The second kappa shape index (κ2) is 10.3. The molecule has 0 aliphatic carbocycles. The number of methoxy groups -OCH3 is 1. The van der Waals surface area contributed by atoms with Crippen LogP contribution in [0.25, 0.3) is 10.2 Å². The van der Waals surface area contributed by atoms with Crippen molar-refractivity contribution in [3.63, 3.8) is 0 Å². The summed E-state index contributed by atoms with van der Waals surface area (Å²) in [5, 5.41) is 0.720. The molecule has 0 fully saturated rings. The number of aryl methyl sites for hydroxylation is 1. The third kappa shape index (κ3) is 4.96. The number of thioether (sulfide) groups is 1. The molecule has 2 aromatic carbocycles. The Kier molecular flexibility index (Phi) is 7.75. The highest BCUT2D eigenvalue weighted by atomic mass is 32.2. The number of carbonyl (C=O) groups is 1. The zero-order valence-electron chi connectivity index (χ0n) is 18.3. The minimum Gasteiger partial charge on any atom is -0.494 e. The normalized spacial score (nSPS) is 11.3. The largest absolute Gasteiger partial charge is 0.494 e. The van der Waals surface area contributed by atoms with E-state index in [2.05, 4.69) is 18.7 Å². The van der Waals surface area contributed by atoms with E-state index in [0.29, 0.717) is 6.54 Å². The van der Waals surface area contributed by atoms with E-state index in [4.69, 9.17) is 9.72 Å². The summed E-state index contributed by atoms with van der Waals surface area (Å²) in [6, 6.07) is 11.8. The number of fused-ring (bicyclic) bond motifs is 1. The fourth-order valence-electron chi connectivity index (χ4n) is 3.28. The minimum absolute atomic E-state index is 0.000909. The predicted molar refractivity (Wildman–Crippen MR) is 129 cm³/mol. The van der Waals surface area contributed by atoms with Crippen LogP contribution in [-0.4, -0.2) is 55.8 Å². The topological polar surface area (TPSA) is 45.7 Å². The molecule has 0 N–H and O–H groups in total. The highest BCUT2D eigenvalue weighted by molar-refractivity contribution is 7.99. The van der Waals surface area contributed by atoms with E-state index in [9.17, 15) is 4.79 Å². The van der Waals surface area contributed by atoms with Gasteiger partial charge >= 0.3 is 0 Å². The monoisotopic (exact) mass is 443 g/mol. The van der Waals surface area contributed by atoms with Crippen LogP contribution in [-0.2, 0) is 0 Å². The Morgan fingerprint density at radius 3 is 2.63 bits per heavy atom. The van der Waals surface area contributed by atoms with Crippen LogP contribution < -0.4 is 9.64 Å². The molecule has 30 heavy (non-hydrogen) atoms. The number of ether oxygens (including phenoxy) is 1. The number of hydrogen-bond donors (Lipinski definition) is 0. The van der Waals surface area contributed by atoms with Crippen molar-refractivity contribution >= 4 is 44.4 Å². The number of carbonyl (C=O) groups excluding carboxylic acids is 1. The van der Waals surface area contributed by atoms with Crippen molar-refractivity contribution in [1.29, 1.82) is 0 Å². The molecule has 160 valence electrons. The second-order valence-corrected chi connectivity index (χ2v) is 9.59. The molecular weight excluding hydrogens is 414 g/mol. The van der Waals surface area contributed by atoms with Gasteiger partial charge in [0, 0.05) is 11.4 Å². The van der Waals surface area contributed by atoms with Crippen LogP contribution in [0.5, 0.6) is 5.75 Å². The molecule has 0 unspecified atom stereocenters. The number of anilines is 1. The van der Waals surface area contributed by atoms with Crippen LogP contribution in [0.15, 0.2) is 41.3 Å². The van der Waals surface area contributed by atoms with Gasteiger partial charge in [-0.3, -0.25) is 9.69 Å². The zero-order chi connectivity index (χ0) is 21.7. The number of rotatable bonds is 9. The number of benzene rings is 2. The van der Waals surface area contributed by atoms with Crippen molar-refractivity contribution in [3.8, 4) is 5.75 Å². The van der Waals surface area contributed by atoms with Crippen LogP contribution in [0.1, 0.15) is 29.3 Å². The maximum Gasteiger partial charge on any atom is 0.261 e. The molecule has 1 aromatic heterocycles. The molecule has 7 heteroatoms. The molecule has 0 spiro atoms. The van der Waals surface area contributed by atoms with Gasteiger partial charge < -0.3 is 9.64 Å². The quantitative estimate of drug-likeness (QED) is 0.419. The van der Waals surface area contributed by atoms with Gasteiger partial charge in [-0.25, -0.2) is 4.98 Å². The Hall–Kier alpha value is -2.09. The van der Waals surface area contributed by atoms with Gasteiger partial charge in [-0.2, -0.15) is 0 Å². The van der Waals surface area contributed by atoms with Crippen molar-refractivity contribution in [2.24, 2.45) is 0 Å². The summed E-state index contributed by atoms with van der Waals surface area (Å²) in [4.78, 5) is 23.5. The molecule has 3 aromatic rings. The van der Waals surface area contributed by atoms with Crippen molar-refractivity contribution in [3.05, 3.63) is 47.5 Å². The third-order valence-electron chi connectivity index (χ3n) is 4.79. The van der Waals surface area contributed by atoms with Crippen molar-refractivity contribution in [2.75, 3.05) is 44.9 Å². The van der Waals surface area contributed by atoms with E-state index in [1.807, 2.05) is 55.4 Å². The maximum atomic E-state index is 13.7. The van der Waals surface area contributed by atoms with E-state index < -0.39 is 0 Å². The Morgan fingerprint density at radius 2 is 1.93 bits per heavy atom. The first-order valence-electron chi connectivity index (χ1n) is 10.1. The van der Waals surface area contributed by atoms with Crippen LogP contribution >= 0.6 is 23.1 Å². The van der Waals surface area contributed by atoms with Crippen LogP contribution in [0, 0.1) is 6.92 Å². The maximum absolute atomic E-state index is 13.7. The van der Waals surface area contributed by atoms with Crippen LogP contribution in [0.2, 0.25) is 0 Å². The Labute approximate surface area is 187 Å². The van der Waals surface area contributed by atoms with E-state index in [1.54, 1.807) is 30.2 Å². The summed E-state index contributed by atoms with van der Waals surface area (Å²) in [5.41, 5.74) is 2.69. The zero-order valence-corrected chi connectivity index (χ0v) is 19.9. The Balaban J connectivity index is 2.04. The molecule has 1 amide bonds. The molecule has 0 radical (unpaired) electrons. The smallest absolute Gasteiger partial charge is 0.261 e. The van der Waals surface area contributed by atoms with E-state index >= 15 is 0 Å². The van der Waals surface area contributed by atoms with Crippen molar-refractivity contribution in [2.45, 2.75) is 25.2 Å². The molecular formula is C23H29N3O2S2. The van der Waals surface area contributed by atoms with E-state index in [0.717, 1.165) is 55.8 Å². The van der Waals surface area contributed by atoms with Gasteiger partial charge in [-0.05, 0) is 63.5 Å². The van der Waals surface area contributed by atoms with Gasteiger partial charge in [-0.1, -0.05) is 36.5 Å². The minimum atomic E-state index is 0.000909. The SMILES string of the molecule is CCSc1ccccc1C(=O)N(CCCN(C)C)c1nc2c(OC)ccc(C)c2s1. The van der Waals surface area contributed by atoms with Crippen LogP contribution in [0.3, 0.4) is 0 Å². The van der Waals surface area contributed by atoms with Gasteiger partial charge in [0.15, 0.2) is 5.13 Å². The lowest BCUT2D eigenvalue weighted by Crippen LogP contribution is -2.33. The summed E-state index contributed by atoms with van der Waals surface area (Å²) < 4.78 is 6.58. The lowest BCUT2D eigenvalue weighted by molar-refractivity contribution is 0.0983. The van der Waals surface area contributed by atoms with Gasteiger partial charge in [0.2, 0.25) is 0 Å². The predicted octanol–water partition coefficient (Wildman–Crippen LogP) is 5.32. The molecule has 5 nitrogen and oxygen atoms in total. The second-order valence-electron chi connectivity index (χ2n) is 7.30. The highest BCUT2D eigenvalue weighted by Crippen LogP contribution is 2.37. The summed E-state index contributed by atoms with van der Waals surface area (Å²) in [5.74, 6) is 1.66.